The molecule has 0 aliphatic carbocycles. The third-order valence-corrected chi connectivity index (χ3v) is 9.72. The minimum absolute atomic E-state index is 0. The number of hydrogen-bond donors (Lipinski definition) is 2. The first-order valence-electron chi connectivity index (χ1n) is 15.5. The van der Waals surface area contributed by atoms with E-state index in [1.54, 1.807) is 62.4 Å². The average Bonchev–Trinajstić information content (AvgIpc) is 3.57. The van der Waals surface area contributed by atoms with Crippen molar-refractivity contribution in [2.75, 3.05) is 0 Å². The van der Waals surface area contributed by atoms with Crippen LogP contribution in [0.4, 0.5) is 22.7 Å². The van der Waals surface area contributed by atoms with Crippen LogP contribution in [0, 0.1) is 27.7 Å². The summed E-state index contributed by atoms with van der Waals surface area (Å²) in [5.41, 5.74) is 2.12. The number of para-hydroxylation sites is 2. The number of nitrogens with zero attached hydrogens (tertiary/aromatic N) is 8. The van der Waals surface area contributed by atoms with Gasteiger partial charge in [-0.1, -0.05) is 47.9 Å². The predicted molar refractivity (Wildman–Crippen MR) is 188 cm³/mol. The minimum atomic E-state index is -4.02. The molecule has 6 aromatic rings. The Balaban J connectivity index is 0.000000290. The van der Waals surface area contributed by atoms with E-state index in [-0.39, 0.29) is 90.6 Å². The smallest absolute Gasteiger partial charge is 0.871 e. The number of nitrogens with two attached hydrogens (primary N) is 2. The predicted octanol–water partition coefficient (Wildman–Crippen LogP) is 0.400. The molecule has 4 aromatic carbocycles. The molecule has 18 nitrogen and oxygen atoms in total. The van der Waals surface area contributed by atoms with Crippen LogP contribution in [-0.2, 0) is 37.4 Å². The SMILES string of the molecule is Cc1cc(N=Nc2c(C)nn(-c3ccccc3)c2[O-])c([O-])cc1S(N)(=O)=O.Cc1cc(N=Nc2c(C)nn(-c3ccccc3)c2[O-])c([O-])cc1S(N)(=O)=O.[Cr+3].[Na+]. The Morgan fingerprint density at radius 3 is 1.18 bits per heavy atom. The van der Waals surface area contributed by atoms with Crippen molar-refractivity contribution in [1.29, 1.82) is 0 Å². The van der Waals surface area contributed by atoms with Gasteiger partial charge in [-0.2, -0.15) is 20.4 Å². The molecule has 0 unspecified atom stereocenters. The number of rotatable bonds is 8. The maximum atomic E-state index is 12.5. The van der Waals surface area contributed by atoms with Gasteiger partial charge in [-0.15, -0.1) is 10.2 Å². The zero-order chi connectivity index (χ0) is 39.5. The molecule has 22 heteroatoms. The van der Waals surface area contributed by atoms with Crippen LogP contribution < -0.4 is 60.3 Å². The molecule has 4 N–H and O–H groups in total. The second-order valence-electron chi connectivity index (χ2n) is 11.6. The van der Waals surface area contributed by atoms with E-state index < -0.39 is 43.3 Å². The standard InChI is InChI=1S/2C17H17N5O4S.Cr.Na/c2*1-10-8-13(14(23)9-15(10)27(18,25)26)19-20-16-11(2)21-22(17(16)24)12-6-4-3-5-7-12;;/h2*3-9,23-24H,1-2H3,(H2,18,25,26);;/q;;+3;+1/p-4. The summed E-state index contributed by atoms with van der Waals surface area (Å²) in [7, 11) is -8.03. The zero-order valence-corrected chi connectivity index (χ0v) is 35.2. The molecule has 2 aromatic heterocycles. The number of benzene rings is 4. The molecule has 0 bridgehead atoms. The first-order valence-corrected chi connectivity index (χ1v) is 18.6. The molecular formula is C34H30CrN10NaO8S2. The van der Waals surface area contributed by atoms with Gasteiger partial charge in [0.2, 0.25) is 20.0 Å². The fraction of sp³-hybridized carbons (Fsp3) is 0.118. The Morgan fingerprint density at radius 2 is 0.875 bits per heavy atom. The van der Waals surface area contributed by atoms with E-state index in [2.05, 4.69) is 30.7 Å². The average molecular weight is 846 g/mol. The Kier molecular flexibility index (Phi) is 14.9. The molecule has 0 saturated heterocycles. The van der Waals surface area contributed by atoms with E-state index in [4.69, 9.17) is 10.3 Å². The molecule has 0 saturated carbocycles. The van der Waals surface area contributed by atoms with Crippen molar-refractivity contribution in [3.8, 4) is 34.6 Å². The number of hydrogen-bond acceptors (Lipinski definition) is 14. The molecule has 0 aliphatic heterocycles. The third-order valence-electron chi connectivity index (χ3n) is 7.62. The maximum absolute atomic E-state index is 12.5. The summed E-state index contributed by atoms with van der Waals surface area (Å²) in [6.45, 7) is 6.16. The van der Waals surface area contributed by atoms with Crippen LogP contribution in [0.3, 0.4) is 0 Å². The van der Waals surface area contributed by atoms with Crippen molar-refractivity contribution < 1.29 is 84.2 Å². The van der Waals surface area contributed by atoms with Gasteiger partial charge >= 0.3 is 46.9 Å². The van der Waals surface area contributed by atoms with Gasteiger partial charge in [0.05, 0.1) is 43.9 Å². The number of primary sulfonamides is 2. The second kappa shape index (κ2) is 18.3. The summed E-state index contributed by atoms with van der Waals surface area (Å²) in [5.74, 6) is -2.30. The summed E-state index contributed by atoms with van der Waals surface area (Å²) in [5, 5.41) is 83.0. The number of azo groups is 2. The fourth-order valence-electron chi connectivity index (χ4n) is 5.00. The normalized spacial score (nSPS) is 11.5. The summed E-state index contributed by atoms with van der Waals surface area (Å²) in [6.07, 6.45) is 0. The monoisotopic (exact) mass is 845 g/mol. The Morgan fingerprint density at radius 1 is 0.554 bits per heavy atom. The molecule has 0 fully saturated rings. The summed E-state index contributed by atoms with van der Waals surface area (Å²) >= 11 is 0. The number of aryl methyl sites for hydroxylation is 4. The Bertz CT molecular complexity index is 2470. The van der Waals surface area contributed by atoms with E-state index in [9.17, 15) is 37.3 Å². The summed E-state index contributed by atoms with van der Waals surface area (Å²) in [6, 6.07) is 21.9. The largest absolute Gasteiger partial charge is 3.00 e. The quantitative estimate of drug-likeness (QED) is 0.157. The van der Waals surface area contributed by atoms with Crippen LogP contribution in [0.1, 0.15) is 22.5 Å². The Hall–Kier alpha value is -4.95. The van der Waals surface area contributed by atoms with Crippen LogP contribution in [0.15, 0.2) is 115 Å². The van der Waals surface area contributed by atoms with Gasteiger partial charge in [0.15, 0.2) is 0 Å². The zero-order valence-electron chi connectivity index (χ0n) is 30.3. The maximum Gasteiger partial charge on any atom is 3.00 e. The molecule has 0 amide bonds. The van der Waals surface area contributed by atoms with Gasteiger partial charge < -0.3 is 20.4 Å². The van der Waals surface area contributed by atoms with Crippen molar-refractivity contribution in [1.82, 2.24) is 19.6 Å². The van der Waals surface area contributed by atoms with Crippen LogP contribution >= 0.6 is 0 Å². The molecule has 6 rings (SSSR count). The fourth-order valence-corrected chi connectivity index (χ4v) is 6.56. The number of aromatic nitrogens is 4. The van der Waals surface area contributed by atoms with E-state index in [0.717, 1.165) is 12.1 Å². The molecule has 1 radical (unpaired) electrons. The van der Waals surface area contributed by atoms with E-state index in [1.807, 2.05) is 12.1 Å². The van der Waals surface area contributed by atoms with Crippen LogP contribution in [0.2, 0.25) is 0 Å². The Labute approximate surface area is 354 Å². The van der Waals surface area contributed by atoms with Crippen LogP contribution in [-0.4, -0.2) is 36.4 Å². The molecule has 2 heterocycles. The second-order valence-corrected chi connectivity index (χ2v) is 14.7. The minimum Gasteiger partial charge on any atom is -0.871 e. The molecule has 0 aliphatic rings. The van der Waals surface area contributed by atoms with Gasteiger partial charge in [-0.05, 0) is 87.4 Å². The van der Waals surface area contributed by atoms with Gasteiger partial charge in [0.25, 0.3) is 0 Å². The molecule has 0 atom stereocenters. The third kappa shape index (κ3) is 10.3. The molecule has 0 spiro atoms. The van der Waals surface area contributed by atoms with Crippen LogP contribution in [0.5, 0.6) is 23.3 Å². The first-order chi connectivity index (χ1) is 25.4. The molecular weight excluding hydrogens is 816 g/mol. The van der Waals surface area contributed by atoms with E-state index in [1.165, 1.54) is 35.3 Å². The van der Waals surface area contributed by atoms with Gasteiger partial charge in [-0.3, -0.25) is 0 Å². The molecule has 283 valence electrons. The number of sulfonamides is 2. The summed E-state index contributed by atoms with van der Waals surface area (Å²) < 4.78 is 48.2. The van der Waals surface area contributed by atoms with Gasteiger partial charge in [0.1, 0.15) is 11.4 Å². The van der Waals surface area contributed by atoms with Crippen molar-refractivity contribution in [2.45, 2.75) is 37.5 Å². The summed E-state index contributed by atoms with van der Waals surface area (Å²) in [4.78, 5) is -0.548. The van der Waals surface area contributed by atoms with Gasteiger partial charge in [0, 0.05) is 11.8 Å². The van der Waals surface area contributed by atoms with Crippen molar-refractivity contribution in [3.63, 3.8) is 0 Å². The van der Waals surface area contributed by atoms with Crippen molar-refractivity contribution in [3.05, 3.63) is 107 Å². The van der Waals surface area contributed by atoms with Gasteiger partial charge in [-0.25, -0.2) is 36.5 Å². The van der Waals surface area contributed by atoms with Crippen molar-refractivity contribution >= 4 is 42.8 Å². The first kappa shape index (κ1) is 45.4. The van der Waals surface area contributed by atoms with E-state index in [0.29, 0.717) is 22.8 Å². The van der Waals surface area contributed by atoms with E-state index >= 15 is 0 Å². The van der Waals surface area contributed by atoms with Crippen LogP contribution in [0.25, 0.3) is 11.4 Å². The molecule has 56 heavy (non-hydrogen) atoms. The topological polar surface area (TPSA) is 298 Å². The van der Waals surface area contributed by atoms with Crippen molar-refractivity contribution in [2.24, 2.45) is 30.7 Å².